The molecule has 1 amide bonds. The van der Waals surface area contributed by atoms with E-state index < -0.39 is 8.80 Å². The summed E-state index contributed by atoms with van der Waals surface area (Å²) in [7, 11) is -1.21. The normalized spacial score (nSPS) is 11.8. The number of hydrogen-bond acceptors (Lipinski definition) is 9. The summed E-state index contributed by atoms with van der Waals surface area (Å²) < 4.78 is 23.1. The van der Waals surface area contributed by atoms with Crippen molar-refractivity contribution in [2.24, 2.45) is 0 Å². The van der Waals surface area contributed by atoms with Crippen molar-refractivity contribution in [2.45, 2.75) is 46.1 Å². The second-order valence-corrected chi connectivity index (χ2v) is 13.8. The highest BCUT2D eigenvalue weighted by atomic mass is 35.5. The Labute approximate surface area is 282 Å². The van der Waals surface area contributed by atoms with Crippen molar-refractivity contribution in [3.8, 4) is 17.9 Å². The van der Waals surface area contributed by atoms with Gasteiger partial charge in [-0.05, 0) is 62.6 Å². The molecule has 0 radical (unpaired) electrons. The topological polar surface area (TPSA) is 138 Å². The van der Waals surface area contributed by atoms with Crippen LogP contribution in [-0.2, 0) is 18.1 Å². The number of benzene rings is 3. The van der Waals surface area contributed by atoms with E-state index in [1.165, 1.54) is 0 Å². The molecule has 0 bridgehead atoms. The van der Waals surface area contributed by atoms with E-state index in [1.807, 2.05) is 64.1 Å². The van der Waals surface area contributed by atoms with E-state index >= 15 is 0 Å². The van der Waals surface area contributed by atoms with Crippen molar-refractivity contribution in [1.29, 1.82) is 10.5 Å². The molecule has 3 aromatic carbocycles. The zero-order valence-electron chi connectivity index (χ0n) is 26.9. The van der Waals surface area contributed by atoms with Gasteiger partial charge in [0.15, 0.2) is 0 Å². The van der Waals surface area contributed by atoms with Crippen LogP contribution in [0.2, 0.25) is 16.1 Å². The van der Waals surface area contributed by atoms with Crippen LogP contribution in [0.4, 0.5) is 11.4 Å². The molecule has 0 spiro atoms. The molecule has 13 heteroatoms. The maximum Gasteiger partial charge on any atom is 0.500 e. The van der Waals surface area contributed by atoms with Gasteiger partial charge >= 0.3 is 8.80 Å². The Morgan fingerprint density at radius 3 is 1.98 bits per heavy atom. The summed E-state index contributed by atoms with van der Waals surface area (Å²) in [5.74, 6) is 0.238. The molecule has 10 nitrogen and oxygen atoms in total. The standard InChI is InChI=1S/C33H41Cl2N5O5Si/c1-6-43-46(44-7-2,45-8-3)17-9-14-38-31-27(20-36)29(34)28(21-37)32(30(31)35)39-15-16-40-33(41)22(4)23-10-11-25-19-26(42-5)13-12-24(25)18-23/h10-13,18-19,22,38-39H,6-9,14-17H2,1-5H3,(H,40,41). The Bertz CT molecular complexity index is 1580. The van der Waals surface area contributed by atoms with Gasteiger partial charge in [0.2, 0.25) is 5.91 Å². The number of anilines is 2. The molecule has 0 heterocycles. The highest BCUT2D eigenvalue weighted by Gasteiger charge is 2.39. The van der Waals surface area contributed by atoms with Crippen LogP contribution >= 0.6 is 23.2 Å². The van der Waals surface area contributed by atoms with Crippen LogP contribution in [0.25, 0.3) is 10.8 Å². The van der Waals surface area contributed by atoms with Gasteiger partial charge in [-0.3, -0.25) is 4.79 Å². The van der Waals surface area contributed by atoms with Crippen LogP contribution in [0.5, 0.6) is 5.75 Å². The van der Waals surface area contributed by atoms with Crippen molar-refractivity contribution >= 4 is 60.1 Å². The number of halogens is 2. The Hall–Kier alpha value is -3.55. The minimum absolute atomic E-state index is 0.00680. The summed E-state index contributed by atoms with van der Waals surface area (Å²) in [6.07, 6.45) is 0.615. The number of carbonyl (C=O) groups is 1. The number of nitrogens with one attached hydrogen (secondary N) is 3. The van der Waals surface area contributed by atoms with Crippen LogP contribution in [-0.4, -0.2) is 61.3 Å². The predicted octanol–water partition coefficient (Wildman–Crippen LogP) is 7.08. The van der Waals surface area contributed by atoms with Gasteiger partial charge in [0, 0.05) is 45.5 Å². The molecule has 0 saturated carbocycles. The van der Waals surface area contributed by atoms with E-state index in [9.17, 15) is 15.3 Å². The van der Waals surface area contributed by atoms with E-state index in [1.54, 1.807) is 7.11 Å². The average Bonchev–Trinajstić information content (AvgIpc) is 3.06. The highest BCUT2D eigenvalue weighted by molar-refractivity contribution is 6.60. The zero-order valence-corrected chi connectivity index (χ0v) is 29.4. The Balaban J connectivity index is 1.67. The van der Waals surface area contributed by atoms with Gasteiger partial charge in [0.25, 0.3) is 0 Å². The quantitative estimate of drug-likeness (QED) is 0.0947. The third-order valence-electron chi connectivity index (χ3n) is 7.35. The monoisotopic (exact) mass is 685 g/mol. The van der Waals surface area contributed by atoms with Gasteiger partial charge in [0.1, 0.15) is 17.9 Å². The summed E-state index contributed by atoms with van der Waals surface area (Å²) in [5.41, 5.74) is 1.61. The molecule has 0 aliphatic rings. The molecule has 0 aliphatic heterocycles. The number of amides is 1. The lowest BCUT2D eigenvalue weighted by Gasteiger charge is -2.28. The van der Waals surface area contributed by atoms with Gasteiger partial charge in [-0.2, -0.15) is 10.5 Å². The van der Waals surface area contributed by atoms with E-state index in [0.29, 0.717) is 44.5 Å². The van der Waals surface area contributed by atoms with Crippen LogP contribution in [0.15, 0.2) is 36.4 Å². The number of hydrogen-bond donors (Lipinski definition) is 3. The van der Waals surface area contributed by atoms with Crippen molar-refractivity contribution in [3.63, 3.8) is 0 Å². The van der Waals surface area contributed by atoms with Crippen molar-refractivity contribution in [1.82, 2.24) is 5.32 Å². The molecule has 1 atom stereocenters. The smallest absolute Gasteiger partial charge is 0.497 e. The fourth-order valence-electron chi connectivity index (χ4n) is 5.07. The van der Waals surface area contributed by atoms with Gasteiger partial charge in [-0.15, -0.1) is 0 Å². The second kappa shape index (κ2) is 18.0. The summed E-state index contributed by atoms with van der Waals surface area (Å²) in [6, 6.07) is 16.4. The first-order valence-electron chi connectivity index (χ1n) is 15.3. The third-order valence-corrected chi connectivity index (χ3v) is 11.3. The lowest BCUT2D eigenvalue weighted by molar-refractivity contribution is -0.122. The van der Waals surface area contributed by atoms with Crippen molar-refractivity contribution in [2.75, 3.05) is 57.2 Å². The molecule has 0 fully saturated rings. The number of rotatable bonds is 18. The average molecular weight is 687 g/mol. The van der Waals surface area contributed by atoms with Crippen LogP contribution < -0.4 is 20.7 Å². The fourth-order valence-corrected chi connectivity index (χ4v) is 8.28. The lowest BCUT2D eigenvalue weighted by atomic mass is 9.97. The number of nitriles is 2. The third kappa shape index (κ3) is 9.04. The number of methoxy groups -OCH3 is 1. The zero-order chi connectivity index (χ0) is 33.7. The molecule has 3 aromatic rings. The minimum Gasteiger partial charge on any atom is -0.497 e. The number of carbonyl (C=O) groups excluding carboxylic acids is 1. The molecular weight excluding hydrogens is 645 g/mol. The minimum atomic E-state index is -2.84. The first-order valence-corrected chi connectivity index (χ1v) is 18.0. The molecule has 0 saturated heterocycles. The summed E-state index contributed by atoms with van der Waals surface area (Å²) in [5, 5.41) is 31.2. The van der Waals surface area contributed by atoms with E-state index in [2.05, 4.69) is 28.1 Å². The van der Waals surface area contributed by atoms with Gasteiger partial charge in [0.05, 0.1) is 45.6 Å². The molecule has 1 unspecified atom stereocenters. The number of fused-ring (bicyclic) bond motifs is 1. The molecule has 0 aliphatic carbocycles. The Morgan fingerprint density at radius 1 is 0.848 bits per heavy atom. The molecule has 3 rings (SSSR count). The summed E-state index contributed by atoms with van der Waals surface area (Å²) >= 11 is 13.3. The fraction of sp³-hybridized carbons (Fsp3) is 0.424. The maximum absolute atomic E-state index is 13.0. The summed E-state index contributed by atoms with van der Waals surface area (Å²) in [4.78, 5) is 13.0. The maximum atomic E-state index is 13.0. The number of ether oxygens (including phenoxy) is 1. The van der Waals surface area contributed by atoms with Crippen molar-refractivity contribution < 1.29 is 22.8 Å². The Kier molecular flexibility index (Phi) is 14.4. The number of nitrogens with zero attached hydrogens (tertiary/aromatic N) is 2. The summed E-state index contributed by atoms with van der Waals surface area (Å²) in [6.45, 7) is 9.92. The van der Waals surface area contributed by atoms with Crippen LogP contribution in [0.3, 0.4) is 0 Å². The second-order valence-electron chi connectivity index (χ2n) is 10.3. The lowest BCUT2D eigenvalue weighted by Crippen LogP contribution is -2.46. The predicted molar refractivity (Wildman–Crippen MR) is 185 cm³/mol. The Morgan fingerprint density at radius 2 is 1.41 bits per heavy atom. The van der Waals surface area contributed by atoms with E-state index in [-0.39, 0.29) is 51.8 Å². The van der Waals surface area contributed by atoms with E-state index in [0.717, 1.165) is 22.1 Å². The first kappa shape index (κ1) is 36.9. The first-order chi connectivity index (χ1) is 22.2. The van der Waals surface area contributed by atoms with Gasteiger partial charge in [-0.1, -0.05) is 47.5 Å². The molecular formula is C33H41Cl2N5O5Si. The van der Waals surface area contributed by atoms with Crippen molar-refractivity contribution in [3.05, 3.63) is 63.1 Å². The van der Waals surface area contributed by atoms with Crippen LogP contribution in [0.1, 0.15) is 56.7 Å². The van der Waals surface area contributed by atoms with Gasteiger partial charge in [-0.25, -0.2) is 0 Å². The molecule has 46 heavy (non-hydrogen) atoms. The van der Waals surface area contributed by atoms with Crippen LogP contribution in [0, 0.1) is 22.7 Å². The molecule has 0 aromatic heterocycles. The largest absolute Gasteiger partial charge is 0.500 e. The highest BCUT2D eigenvalue weighted by Crippen LogP contribution is 2.41. The SMILES string of the molecule is CCO[Si](CCCNc1c(Cl)c(NCCNC(=O)C(C)c2ccc3cc(OC)ccc3c2)c(C#N)c(Cl)c1C#N)(OCC)OCC. The van der Waals surface area contributed by atoms with E-state index in [4.69, 9.17) is 41.2 Å². The molecule has 246 valence electrons. The molecule has 3 N–H and O–H groups in total. The van der Waals surface area contributed by atoms with Gasteiger partial charge < -0.3 is 34.0 Å².